The Bertz CT molecular complexity index is 1080. The molecule has 3 aromatic rings. The van der Waals surface area contributed by atoms with Gasteiger partial charge >= 0.3 is 0 Å². The van der Waals surface area contributed by atoms with E-state index in [2.05, 4.69) is 10.4 Å². The quantitative estimate of drug-likeness (QED) is 0.522. The normalized spacial score (nSPS) is 10.9. The third kappa shape index (κ3) is 5.46. The van der Waals surface area contributed by atoms with Gasteiger partial charge in [0.1, 0.15) is 5.82 Å². The van der Waals surface area contributed by atoms with Gasteiger partial charge in [-0.3, -0.25) is 9.59 Å². The molecule has 0 fully saturated rings. The molecule has 1 aromatic heterocycles. The number of benzene rings is 2. The number of aromatic nitrogens is 2. The molecular weight excluding hydrogens is 435 g/mol. The first-order valence-electron chi connectivity index (χ1n) is 9.99. The molecule has 0 saturated heterocycles. The number of carbonyl (C=O) groups is 2. The maximum absolute atomic E-state index is 12.8. The minimum atomic E-state index is -0.309. The van der Waals surface area contributed by atoms with Crippen LogP contribution in [0.25, 0.3) is 16.9 Å². The largest absolute Gasteiger partial charge is 0.333 e. The Balaban J connectivity index is 1.94. The first-order chi connectivity index (χ1) is 14.8. The fraction of sp³-hybridized carbons (Fsp3) is 0.261. The van der Waals surface area contributed by atoms with Gasteiger partial charge in [0.05, 0.1) is 28.0 Å². The Labute approximate surface area is 191 Å². The van der Waals surface area contributed by atoms with Gasteiger partial charge < -0.3 is 10.2 Å². The summed E-state index contributed by atoms with van der Waals surface area (Å²) in [5.74, 6) is -0.0910. The molecule has 2 aromatic carbocycles. The highest BCUT2D eigenvalue weighted by molar-refractivity contribution is 6.42. The number of amides is 2. The summed E-state index contributed by atoms with van der Waals surface area (Å²) in [4.78, 5) is 26.6. The summed E-state index contributed by atoms with van der Waals surface area (Å²) < 4.78 is 1.60. The molecule has 31 heavy (non-hydrogen) atoms. The van der Waals surface area contributed by atoms with E-state index in [0.29, 0.717) is 33.8 Å². The Kier molecular flexibility index (Phi) is 7.36. The van der Waals surface area contributed by atoms with E-state index in [0.717, 1.165) is 5.56 Å². The minimum absolute atomic E-state index is 0.0409. The third-order valence-corrected chi connectivity index (χ3v) is 5.45. The number of nitrogens with one attached hydrogen (secondary N) is 1. The van der Waals surface area contributed by atoms with E-state index in [9.17, 15) is 9.59 Å². The molecule has 0 spiro atoms. The minimum Gasteiger partial charge on any atom is -0.333 e. The maximum Gasteiger partial charge on any atom is 0.245 e. The second kappa shape index (κ2) is 9.98. The van der Waals surface area contributed by atoms with Crippen LogP contribution in [-0.4, -0.2) is 39.6 Å². The van der Waals surface area contributed by atoms with Crippen LogP contribution >= 0.6 is 23.2 Å². The van der Waals surface area contributed by atoms with E-state index in [1.807, 2.05) is 51.1 Å². The Morgan fingerprint density at radius 1 is 1.06 bits per heavy atom. The predicted molar refractivity (Wildman–Crippen MR) is 125 cm³/mol. The number of likely N-dealkylation sites (N-methyl/N-ethyl adjacent to an activating group) is 1. The average molecular weight is 459 g/mol. The van der Waals surface area contributed by atoms with Crippen LogP contribution < -0.4 is 5.32 Å². The lowest BCUT2D eigenvalue weighted by Gasteiger charge is -2.22. The van der Waals surface area contributed by atoms with Crippen LogP contribution in [-0.2, 0) is 9.59 Å². The molecule has 0 atom stereocenters. The SMILES string of the molecule is CCN(CC(=O)Nc1cc(-c2ccccc2)nn1-c1ccc(Cl)c(Cl)c1)C(=O)C(C)C. The molecule has 8 heteroatoms. The van der Waals surface area contributed by atoms with Crippen molar-refractivity contribution in [1.82, 2.24) is 14.7 Å². The standard InChI is InChI=1S/C23H24Cl2N4O2/c1-4-28(23(31)15(2)3)14-22(30)26-21-13-20(16-8-6-5-7-9-16)27-29(21)17-10-11-18(24)19(25)12-17/h5-13,15H,4,14H2,1-3H3,(H,26,30). The van der Waals surface area contributed by atoms with Crippen molar-refractivity contribution in [2.45, 2.75) is 20.8 Å². The molecule has 3 rings (SSSR count). The molecule has 1 N–H and O–H groups in total. The average Bonchev–Trinajstić information content (AvgIpc) is 3.17. The molecule has 0 saturated carbocycles. The van der Waals surface area contributed by atoms with Crippen LogP contribution in [0.1, 0.15) is 20.8 Å². The van der Waals surface area contributed by atoms with Crippen molar-refractivity contribution in [2.75, 3.05) is 18.4 Å². The highest BCUT2D eigenvalue weighted by Crippen LogP contribution is 2.28. The Morgan fingerprint density at radius 3 is 2.39 bits per heavy atom. The summed E-state index contributed by atoms with van der Waals surface area (Å²) in [6.07, 6.45) is 0. The summed E-state index contributed by atoms with van der Waals surface area (Å²) in [6, 6.07) is 16.6. The number of halogens is 2. The van der Waals surface area contributed by atoms with Gasteiger partial charge in [-0.15, -0.1) is 0 Å². The smallest absolute Gasteiger partial charge is 0.245 e. The lowest BCUT2D eigenvalue weighted by molar-refractivity contribution is -0.137. The monoisotopic (exact) mass is 458 g/mol. The fourth-order valence-electron chi connectivity index (χ4n) is 3.10. The van der Waals surface area contributed by atoms with Gasteiger partial charge in [0, 0.05) is 24.1 Å². The second-order valence-corrected chi connectivity index (χ2v) is 8.16. The zero-order chi connectivity index (χ0) is 22.5. The van der Waals surface area contributed by atoms with Crippen molar-refractivity contribution in [3.8, 4) is 16.9 Å². The van der Waals surface area contributed by atoms with E-state index in [1.165, 1.54) is 4.90 Å². The molecule has 162 valence electrons. The van der Waals surface area contributed by atoms with Gasteiger partial charge in [0.15, 0.2) is 0 Å². The maximum atomic E-state index is 12.8. The topological polar surface area (TPSA) is 67.2 Å². The Morgan fingerprint density at radius 2 is 1.77 bits per heavy atom. The van der Waals surface area contributed by atoms with Crippen LogP contribution in [0.15, 0.2) is 54.6 Å². The second-order valence-electron chi connectivity index (χ2n) is 7.35. The molecule has 0 unspecified atom stereocenters. The predicted octanol–water partition coefficient (Wildman–Crippen LogP) is 5.29. The molecule has 1 heterocycles. The summed E-state index contributed by atoms with van der Waals surface area (Å²) in [5, 5.41) is 8.35. The van der Waals surface area contributed by atoms with Crippen molar-refractivity contribution in [3.63, 3.8) is 0 Å². The van der Waals surface area contributed by atoms with Gasteiger partial charge in [-0.2, -0.15) is 5.10 Å². The number of anilines is 1. The number of hydrogen-bond donors (Lipinski definition) is 1. The van der Waals surface area contributed by atoms with Crippen molar-refractivity contribution >= 4 is 40.8 Å². The molecule has 0 radical (unpaired) electrons. The summed E-state index contributed by atoms with van der Waals surface area (Å²) in [7, 11) is 0. The molecule has 6 nitrogen and oxygen atoms in total. The highest BCUT2D eigenvalue weighted by Gasteiger charge is 2.20. The Hall–Kier alpha value is -2.83. The van der Waals surface area contributed by atoms with Gasteiger partial charge in [-0.1, -0.05) is 67.4 Å². The van der Waals surface area contributed by atoms with E-state index >= 15 is 0 Å². The number of hydrogen-bond acceptors (Lipinski definition) is 3. The van der Waals surface area contributed by atoms with Gasteiger partial charge in [0.25, 0.3) is 0 Å². The first-order valence-corrected chi connectivity index (χ1v) is 10.7. The van der Waals surface area contributed by atoms with Crippen LogP contribution in [0.5, 0.6) is 0 Å². The number of rotatable bonds is 7. The molecule has 0 bridgehead atoms. The first kappa shape index (κ1) is 22.8. The lowest BCUT2D eigenvalue weighted by Crippen LogP contribution is -2.40. The number of nitrogens with zero attached hydrogens (tertiary/aromatic N) is 3. The summed E-state index contributed by atoms with van der Waals surface area (Å²) in [6.45, 7) is 5.89. The van der Waals surface area contributed by atoms with E-state index in [-0.39, 0.29) is 24.3 Å². The molecule has 0 aliphatic rings. The van der Waals surface area contributed by atoms with Crippen molar-refractivity contribution in [2.24, 2.45) is 5.92 Å². The molecule has 0 aliphatic carbocycles. The summed E-state index contributed by atoms with van der Waals surface area (Å²) in [5.41, 5.74) is 2.24. The zero-order valence-electron chi connectivity index (χ0n) is 17.6. The van der Waals surface area contributed by atoms with Crippen LogP contribution in [0.2, 0.25) is 10.0 Å². The van der Waals surface area contributed by atoms with Crippen molar-refractivity contribution in [1.29, 1.82) is 0 Å². The summed E-state index contributed by atoms with van der Waals surface area (Å²) >= 11 is 12.2. The van der Waals surface area contributed by atoms with E-state index in [1.54, 1.807) is 28.9 Å². The zero-order valence-corrected chi connectivity index (χ0v) is 19.1. The van der Waals surface area contributed by atoms with Crippen molar-refractivity contribution in [3.05, 3.63) is 64.6 Å². The fourth-order valence-corrected chi connectivity index (χ4v) is 3.39. The molecular formula is C23H24Cl2N4O2. The van der Waals surface area contributed by atoms with Gasteiger partial charge in [0.2, 0.25) is 11.8 Å². The molecule has 0 aliphatic heterocycles. The number of carbonyl (C=O) groups excluding carboxylic acids is 2. The third-order valence-electron chi connectivity index (χ3n) is 4.72. The van der Waals surface area contributed by atoms with Crippen molar-refractivity contribution < 1.29 is 9.59 Å². The molecule has 2 amide bonds. The van der Waals surface area contributed by atoms with Gasteiger partial charge in [-0.25, -0.2) is 4.68 Å². The lowest BCUT2D eigenvalue weighted by atomic mass is 10.1. The van der Waals surface area contributed by atoms with Crippen LogP contribution in [0.4, 0.5) is 5.82 Å². The van der Waals surface area contributed by atoms with E-state index in [4.69, 9.17) is 23.2 Å². The van der Waals surface area contributed by atoms with E-state index < -0.39 is 0 Å². The highest BCUT2D eigenvalue weighted by atomic mass is 35.5. The van der Waals surface area contributed by atoms with Crippen LogP contribution in [0, 0.1) is 5.92 Å². The van der Waals surface area contributed by atoms with Crippen LogP contribution in [0.3, 0.4) is 0 Å². The van der Waals surface area contributed by atoms with Gasteiger partial charge in [-0.05, 0) is 25.1 Å².